The van der Waals surface area contributed by atoms with Crippen LogP contribution in [0.15, 0.2) is 23.3 Å². The maximum atomic E-state index is 10.2. The first kappa shape index (κ1) is 21.7. The van der Waals surface area contributed by atoms with E-state index in [0.29, 0.717) is 22.7 Å². The van der Waals surface area contributed by atoms with Crippen molar-refractivity contribution in [3.8, 4) is 0 Å². The lowest BCUT2D eigenvalue weighted by Gasteiger charge is -2.57. The van der Waals surface area contributed by atoms with E-state index >= 15 is 0 Å². The summed E-state index contributed by atoms with van der Waals surface area (Å²) in [6, 6.07) is 0. The standard InChI is InChI=1S/C28H46O/c1-18(2)20(4)19(3)7-8-21-10-12-25-24-11-9-22-17-23(29)13-15-28(22,6)26(24)14-16-27(21,25)5/h7,11,18,20-23,25-26,29H,8-10,12-17H2,1-6H3/b19-7-/t20-,21+,22+,23+,25+,26+,27+,28-/m0/s1. The van der Waals surface area contributed by atoms with E-state index in [4.69, 9.17) is 0 Å². The molecule has 1 nitrogen and oxygen atoms in total. The van der Waals surface area contributed by atoms with Crippen LogP contribution in [0.1, 0.15) is 99.3 Å². The second-order valence-corrected chi connectivity index (χ2v) is 12.2. The van der Waals surface area contributed by atoms with Crippen LogP contribution in [0.4, 0.5) is 0 Å². The third kappa shape index (κ3) is 3.58. The lowest BCUT2D eigenvalue weighted by Crippen LogP contribution is -2.49. The van der Waals surface area contributed by atoms with Gasteiger partial charge in [0.25, 0.3) is 0 Å². The van der Waals surface area contributed by atoms with Crippen molar-refractivity contribution >= 4 is 0 Å². The minimum atomic E-state index is -0.0454. The Bertz CT molecular complexity index is 672. The normalized spacial score (nSPS) is 46.0. The number of allylic oxidation sites excluding steroid dienone is 4. The summed E-state index contributed by atoms with van der Waals surface area (Å²) < 4.78 is 0. The Morgan fingerprint density at radius 1 is 1.07 bits per heavy atom. The molecule has 4 aliphatic carbocycles. The van der Waals surface area contributed by atoms with Gasteiger partial charge in [0.05, 0.1) is 6.10 Å². The van der Waals surface area contributed by atoms with Crippen LogP contribution < -0.4 is 0 Å². The molecule has 0 heterocycles. The first-order valence-corrected chi connectivity index (χ1v) is 12.7. The molecular weight excluding hydrogens is 352 g/mol. The largest absolute Gasteiger partial charge is 0.393 e. The highest BCUT2D eigenvalue weighted by molar-refractivity contribution is 5.28. The maximum Gasteiger partial charge on any atom is 0.0543 e. The molecule has 29 heavy (non-hydrogen) atoms. The van der Waals surface area contributed by atoms with Crippen molar-refractivity contribution in [1.29, 1.82) is 0 Å². The van der Waals surface area contributed by atoms with Crippen LogP contribution in [0.3, 0.4) is 0 Å². The van der Waals surface area contributed by atoms with E-state index in [-0.39, 0.29) is 6.10 Å². The van der Waals surface area contributed by atoms with E-state index < -0.39 is 0 Å². The summed E-state index contributed by atoms with van der Waals surface area (Å²) in [5.41, 5.74) is 4.42. The molecule has 164 valence electrons. The quantitative estimate of drug-likeness (QED) is 0.484. The van der Waals surface area contributed by atoms with Crippen LogP contribution in [0.25, 0.3) is 0 Å². The molecule has 0 saturated heterocycles. The second kappa shape index (κ2) is 7.85. The van der Waals surface area contributed by atoms with E-state index in [0.717, 1.165) is 36.5 Å². The molecule has 1 heteroatoms. The van der Waals surface area contributed by atoms with Crippen LogP contribution in [-0.4, -0.2) is 11.2 Å². The molecule has 0 aromatic carbocycles. The number of aliphatic hydroxyl groups excluding tert-OH is 1. The summed E-state index contributed by atoms with van der Waals surface area (Å²) in [6.45, 7) is 14.7. The van der Waals surface area contributed by atoms with Gasteiger partial charge >= 0.3 is 0 Å². The Hall–Kier alpha value is -0.560. The van der Waals surface area contributed by atoms with Crippen molar-refractivity contribution in [3.63, 3.8) is 0 Å². The van der Waals surface area contributed by atoms with Gasteiger partial charge in [0.15, 0.2) is 0 Å². The molecule has 4 aliphatic rings. The fraction of sp³-hybridized carbons (Fsp3) is 0.857. The number of fused-ring (bicyclic) bond motifs is 5. The highest BCUT2D eigenvalue weighted by Crippen LogP contribution is 2.66. The fourth-order valence-corrected chi connectivity index (χ4v) is 8.02. The minimum absolute atomic E-state index is 0.0454. The first-order chi connectivity index (χ1) is 13.7. The average molecular weight is 399 g/mol. The van der Waals surface area contributed by atoms with Crippen molar-refractivity contribution in [2.45, 2.75) is 105 Å². The number of aliphatic hydroxyl groups is 1. The van der Waals surface area contributed by atoms with E-state index in [2.05, 4.69) is 53.7 Å². The third-order valence-corrected chi connectivity index (χ3v) is 10.7. The van der Waals surface area contributed by atoms with E-state index in [9.17, 15) is 5.11 Å². The molecule has 4 rings (SSSR count). The van der Waals surface area contributed by atoms with Gasteiger partial charge in [-0.15, -0.1) is 0 Å². The van der Waals surface area contributed by atoms with Gasteiger partial charge in [-0.3, -0.25) is 0 Å². The summed E-state index contributed by atoms with van der Waals surface area (Å²) in [6.07, 6.45) is 16.7. The van der Waals surface area contributed by atoms with Gasteiger partial charge in [0.1, 0.15) is 0 Å². The molecule has 3 saturated carbocycles. The Kier molecular flexibility index (Phi) is 5.86. The molecule has 0 aromatic rings. The summed E-state index contributed by atoms with van der Waals surface area (Å²) in [7, 11) is 0. The van der Waals surface area contributed by atoms with Crippen LogP contribution in [0.2, 0.25) is 0 Å². The van der Waals surface area contributed by atoms with Crippen molar-refractivity contribution in [1.82, 2.24) is 0 Å². The molecule has 1 N–H and O–H groups in total. The number of rotatable bonds is 4. The minimum Gasteiger partial charge on any atom is -0.393 e. The third-order valence-electron chi connectivity index (χ3n) is 10.7. The molecule has 0 unspecified atom stereocenters. The SMILES string of the molecule is C/C(=C/C[C@@H]1CC[C@@H]2C3=CC[C@@H]4C[C@H](O)CC[C@]4(C)[C@@H]3CC[C@]12C)[C@@H](C)C(C)C. The van der Waals surface area contributed by atoms with E-state index in [1.165, 1.54) is 44.9 Å². The highest BCUT2D eigenvalue weighted by Gasteiger charge is 2.57. The van der Waals surface area contributed by atoms with E-state index in [1.54, 1.807) is 5.57 Å². The summed E-state index contributed by atoms with van der Waals surface area (Å²) >= 11 is 0. The predicted octanol–water partition coefficient (Wildman–Crippen LogP) is 7.55. The van der Waals surface area contributed by atoms with Crippen LogP contribution in [0.5, 0.6) is 0 Å². The van der Waals surface area contributed by atoms with E-state index in [1.807, 2.05) is 5.57 Å². The molecule has 3 fully saturated rings. The van der Waals surface area contributed by atoms with Gasteiger partial charge in [-0.2, -0.15) is 0 Å². The molecule has 0 amide bonds. The maximum absolute atomic E-state index is 10.2. The zero-order valence-electron chi connectivity index (χ0n) is 20.0. The molecule has 8 atom stereocenters. The predicted molar refractivity (Wildman–Crippen MR) is 124 cm³/mol. The van der Waals surface area contributed by atoms with Gasteiger partial charge in [0, 0.05) is 0 Å². The number of hydrogen-bond acceptors (Lipinski definition) is 1. The van der Waals surface area contributed by atoms with Crippen molar-refractivity contribution < 1.29 is 5.11 Å². The van der Waals surface area contributed by atoms with Crippen molar-refractivity contribution in [2.75, 3.05) is 0 Å². The topological polar surface area (TPSA) is 20.2 Å². The van der Waals surface area contributed by atoms with Crippen LogP contribution in [0, 0.1) is 46.3 Å². The Balaban J connectivity index is 1.52. The van der Waals surface area contributed by atoms with Crippen LogP contribution in [-0.2, 0) is 0 Å². The zero-order chi connectivity index (χ0) is 21.0. The highest BCUT2D eigenvalue weighted by atomic mass is 16.3. The lowest BCUT2D eigenvalue weighted by molar-refractivity contribution is -0.0397. The van der Waals surface area contributed by atoms with Gasteiger partial charge in [0.2, 0.25) is 0 Å². The Morgan fingerprint density at radius 3 is 2.48 bits per heavy atom. The number of hydrogen-bond donors (Lipinski definition) is 1. The van der Waals surface area contributed by atoms with Gasteiger partial charge in [-0.05, 0) is 111 Å². The fourth-order valence-electron chi connectivity index (χ4n) is 8.02. The molecular formula is C28H46O. The Labute approximate surface area is 180 Å². The summed E-state index contributed by atoms with van der Waals surface area (Å²) in [5, 5.41) is 10.2. The second-order valence-electron chi connectivity index (χ2n) is 12.2. The zero-order valence-corrected chi connectivity index (χ0v) is 20.0. The molecule has 0 aliphatic heterocycles. The van der Waals surface area contributed by atoms with Gasteiger partial charge in [-0.1, -0.05) is 57.9 Å². The van der Waals surface area contributed by atoms with Crippen molar-refractivity contribution in [2.24, 2.45) is 46.3 Å². The average Bonchev–Trinajstić information content (AvgIpc) is 3.02. The molecule has 0 spiro atoms. The first-order valence-electron chi connectivity index (χ1n) is 12.7. The lowest BCUT2D eigenvalue weighted by atomic mass is 9.48. The molecule has 0 bridgehead atoms. The van der Waals surface area contributed by atoms with Gasteiger partial charge in [-0.25, -0.2) is 0 Å². The van der Waals surface area contributed by atoms with Crippen LogP contribution >= 0.6 is 0 Å². The Morgan fingerprint density at radius 2 is 1.76 bits per heavy atom. The molecule has 0 aromatic heterocycles. The monoisotopic (exact) mass is 398 g/mol. The molecule has 0 radical (unpaired) electrons. The smallest absolute Gasteiger partial charge is 0.0543 e. The van der Waals surface area contributed by atoms with Gasteiger partial charge < -0.3 is 5.11 Å². The van der Waals surface area contributed by atoms with Crippen molar-refractivity contribution in [3.05, 3.63) is 23.3 Å². The summed E-state index contributed by atoms with van der Waals surface area (Å²) in [4.78, 5) is 0. The summed E-state index contributed by atoms with van der Waals surface area (Å²) in [5.74, 6) is 4.64.